The Morgan fingerprint density at radius 3 is 2.80 bits per heavy atom. The predicted molar refractivity (Wildman–Crippen MR) is 115 cm³/mol. The van der Waals surface area contributed by atoms with E-state index in [0.29, 0.717) is 24.0 Å². The summed E-state index contributed by atoms with van der Waals surface area (Å²) in [6.07, 6.45) is 1.08. The topological polar surface area (TPSA) is 58.1 Å². The molecule has 0 radical (unpaired) electrons. The van der Waals surface area contributed by atoms with Gasteiger partial charge in [-0.05, 0) is 30.5 Å². The Kier molecular flexibility index (Phi) is 7.70. The Balaban J connectivity index is 1.48. The van der Waals surface area contributed by atoms with E-state index >= 15 is 0 Å². The third-order valence-corrected chi connectivity index (χ3v) is 5.12. The number of aliphatic imine (C=N–C) groups is 1. The van der Waals surface area contributed by atoms with E-state index in [-0.39, 0.29) is 5.75 Å². The molecule has 0 spiro atoms. The van der Waals surface area contributed by atoms with Crippen molar-refractivity contribution in [3.63, 3.8) is 0 Å². The van der Waals surface area contributed by atoms with E-state index in [2.05, 4.69) is 37.4 Å². The van der Waals surface area contributed by atoms with Crippen LogP contribution >= 0.6 is 0 Å². The third kappa shape index (κ3) is 5.98. The Bertz CT molecular complexity index is 847. The lowest BCUT2D eigenvalue weighted by Crippen LogP contribution is -2.40. The summed E-state index contributed by atoms with van der Waals surface area (Å²) < 4.78 is 35.0. The van der Waals surface area contributed by atoms with Crippen LogP contribution in [0.25, 0.3) is 0 Å². The van der Waals surface area contributed by atoms with Crippen molar-refractivity contribution >= 4 is 11.6 Å². The quantitative estimate of drug-likeness (QED) is 0.508. The number of alkyl halides is 2. The molecule has 0 aromatic heterocycles. The summed E-state index contributed by atoms with van der Waals surface area (Å²) in [6.45, 7) is 0.198. The fourth-order valence-corrected chi connectivity index (χ4v) is 3.54. The number of halogens is 2. The van der Waals surface area contributed by atoms with E-state index in [0.717, 1.165) is 37.5 Å². The summed E-state index contributed by atoms with van der Waals surface area (Å²) in [7, 11) is 3.36. The predicted octanol–water partition coefficient (Wildman–Crippen LogP) is 3.49. The van der Waals surface area contributed by atoms with Gasteiger partial charge in [0.1, 0.15) is 11.5 Å². The number of nitrogens with one attached hydrogen (secondary N) is 2. The van der Waals surface area contributed by atoms with E-state index in [1.165, 1.54) is 6.07 Å². The molecule has 2 aromatic rings. The van der Waals surface area contributed by atoms with E-state index in [4.69, 9.17) is 4.74 Å². The highest BCUT2D eigenvalue weighted by molar-refractivity contribution is 5.79. The normalized spacial score (nSPS) is 16.6. The molecule has 2 aromatic carbocycles. The maximum atomic E-state index is 12.6. The molecule has 8 heteroatoms. The van der Waals surface area contributed by atoms with Crippen LogP contribution in [0.1, 0.15) is 12.0 Å². The van der Waals surface area contributed by atoms with Crippen molar-refractivity contribution in [2.75, 3.05) is 38.7 Å². The Morgan fingerprint density at radius 1 is 1.20 bits per heavy atom. The van der Waals surface area contributed by atoms with Crippen LogP contribution in [-0.4, -0.2) is 46.4 Å². The van der Waals surface area contributed by atoms with Gasteiger partial charge in [-0.3, -0.25) is 4.99 Å². The molecule has 1 unspecified atom stereocenters. The zero-order valence-electron chi connectivity index (χ0n) is 17.3. The molecule has 0 amide bonds. The first-order valence-corrected chi connectivity index (χ1v) is 9.95. The van der Waals surface area contributed by atoms with Gasteiger partial charge in [0.25, 0.3) is 0 Å². The van der Waals surface area contributed by atoms with Gasteiger partial charge >= 0.3 is 6.61 Å². The Morgan fingerprint density at radius 2 is 2.03 bits per heavy atom. The lowest BCUT2D eigenvalue weighted by Gasteiger charge is -2.20. The molecule has 1 fully saturated rings. The lowest BCUT2D eigenvalue weighted by atomic mass is 10.1. The molecular formula is C22H28F2N4O2. The zero-order valence-corrected chi connectivity index (χ0v) is 17.3. The summed E-state index contributed by atoms with van der Waals surface area (Å²) in [5.41, 5.74) is 1.81. The maximum absolute atomic E-state index is 12.6. The van der Waals surface area contributed by atoms with Crippen LogP contribution in [0.15, 0.2) is 53.5 Å². The second-order valence-corrected chi connectivity index (χ2v) is 7.10. The van der Waals surface area contributed by atoms with Crippen LogP contribution in [-0.2, 0) is 6.54 Å². The molecule has 30 heavy (non-hydrogen) atoms. The third-order valence-electron chi connectivity index (χ3n) is 5.12. The second kappa shape index (κ2) is 10.7. The first-order valence-electron chi connectivity index (χ1n) is 9.95. The number of guanidine groups is 1. The summed E-state index contributed by atoms with van der Waals surface area (Å²) in [6, 6.07) is 14.8. The SMILES string of the molecule is CN=C(NCc1ccccc1OC(F)F)NCC1CCN(c2cccc(OC)c2)C1. The monoisotopic (exact) mass is 418 g/mol. The molecule has 3 rings (SSSR count). The van der Waals surface area contributed by atoms with Crippen LogP contribution < -0.4 is 25.0 Å². The number of methoxy groups -OCH3 is 1. The Hall–Kier alpha value is -3.03. The number of hydrogen-bond acceptors (Lipinski definition) is 4. The van der Waals surface area contributed by atoms with Gasteiger partial charge in [0.15, 0.2) is 5.96 Å². The molecule has 6 nitrogen and oxygen atoms in total. The summed E-state index contributed by atoms with van der Waals surface area (Å²) in [5.74, 6) is 2.13. The summed E-state index contributed by atoms with van der Waals surface area (Å²) in [5, 5.41) is 6.50. The number of rotatable bonds is 8. The van der Waals surface area contributed by atoms with Gasteiger partial charge < -0.3 is 25.0 Å². The van der Waals surface area contributed by atoms with Crippen LogP contribution in [0.5, 0.6) is 11.5 Å². The highest BCUT2D eigenvalue weighted by atomic mass is 19.3. The fourth-order valence-electron chi connectivity index (χ4n) is 3.54. The van der Waals surface area contributed by atoms with Gasteiger partial charge in [-0.1, -0.05) is 24.3 Å². The highest BCUT2D eigenvalue weighted by Crippen LogP contribution is 2.26. The molecular weight excluding hydrogens is 390 g/mol. The van der Waals surface area contributed by atoms with Crippen molar-refractivity contribution in [2.24, 2.45) is 10.9 Å². The zero-order chi connectivity index (χ0) is 21.3. The first kappa shape index (κ1) is 21.7. The summed E-state index contributed by atoms with van der Waals surface area (Å²) in [4.78, 5) is 6.58. The van der Waals surface area contributed by atoms with Gasteiger partial charge in [0, 0.05) is 50.5 Å². The largest absolute Gasteiger partial charge is 0.497 e. The lowest BCUT2D eigenvalue weighted by molar-refractivity contribution is -0.0504. The number of anilines is 1. The molecule has 1 saturated heterocycles. The van der Waals surface area contributed by atoms with Crippen molar-refractivity contribution in [1.29, 1.82) is 0 Å². The van der Waals surface area contributed by atoms with E-state index in [1.807, 2.05) is 12.1 Å². The van der Waals surface area contributed by atoms with Gasteiger partial charge in [-0.25, -0.2) is 0 Å². The van der Waals surface area contributed by atoms with Gasteiger partial charge in [-0.15, -0.1) is 0 Å². The minimum atomic E-state index is -2.85. The average Bonchev–Trinajstić information content (AvgIpc) is 3.23. The number of nitrogens with zero attached hydrogens (tertiary/aromatic N) is 2. The molecule has 162 valence electrons. The van der Waals surface area contributed by atoms with Crippen molar-refractivity contribution < 1.29 is 18.3 Å². The minimum Gasteiger partial charge on any atom is -0.497 e. The van der Waals surface area contributed by atoms with Gasteiger partial charge in [0.2, 0.25) is 0 Å². The smallest absolute Gasteiger partial charge is 0.387 e. The van der Waals surface area contributed by atoms with Crippen LogP contribution in [0.3, 0.4) is 0 Å². The van der Waals surface area contributed by atoms with Crippen LogP contribution in [0.2, 0.25) is 0 Å². The number of ether oxygens (including phenoxy) is 2. The molecule has 1 aliphatic rings. The minimum absolute atomic E-state index is 0.167. The number of benzene rings is 2. The number of para-hydroxylation sites is 1. The molecule has 1 aliphatic heterocycles. The first-order chi connectivity index (χ1) is 14.6. The van der Waals surface area contributed by atoms with E-state index in [9.17, 15) is 8.78 Å². The van der Waals surface area contributed by atoms with Crippen LogP contribution in [0.4, 0.5) is 14.5 Å². The van der Waals surface area contributed by atoms with Crippen LogP contribution in [0, 0.1) is 5.92 Å². The number of hydrogen-bond donors (Lipinski definition) is 2. The van der Waals surface area contributed by atoms with Crippen molar-refractivity contribution in [1.82, 2.24) is 10.6 Å². The molecule has 1 atom stereocenters. The van der Waals surface area contributed by atoms with E-state index < -0.39 is 6.61 Å². The standard InChI is InChI=1S/C22H28F2N4O2/c1-25-22(27-14-17-6-3-4-9-20(17)30-21(23)24)26-13-16-10-11-28(15-16)18-7-5-8-19(12-18)29-2/h3-9,12,16,21H,10-11,13-15H2,1-2H3,(H2,25,26,27). The molecule has 0 saturated carbocycles. The van der Waals surface area contributed by atoms with Crippen molar-refractivity contribution in [2.45, 2.75) is 19.6 Å². The second-order valence-electron chi connectivity index (χ2n) is 7.10. The van der Waals surface area contributed by atoms with Crippen molar-refractivity contribution in [3.05, 3.63) is 54.1 Å². The molecule has 1 heterocycles. The Labute approximate surface area is 175 Å². The fraction of sp³-hybridized carbons (Fsp3) is 0.409. The summed E-state index contributed by atoms with van der Waals surface area (Å²) >= 11 is 0. The average molecular weight is 418 g/mol. The molecule has 0 bridgehead atoms. The van der Waals surface area contributed by atoms with E-state index in [1.54, 1.807) is 32.4 Å². The molecule has 2 N–H and O–H groups in total. The van der Waals surface area contributed by atoms with Gasteiger partial charge in [-0.2, -0.15) is 8.78 Å². The highest BCUT2D eigenvalue weighted by Gasteiger charge is 2.23. The van der Waals surface area contributed by atoms with Gasteiger partial charge in [0.05, 0.1) is 7.11 Å². The maximum Gasteiger partial charge on any atom is 0.387 e. The van der Waals surface area contributed by atoms with Crippen molar-refractivity contribution in [3.8, 4) is 11.5 Å². The molecule has 0 aliphatic carbocycles.